The maximum atomic E-state index is 13.4. The van der Waals surface area contributed by atoms with Gasteiger partial charge in [0.05, 0.1) is 11.4 Å². The van der Waals surface area contributed by atoms with Crippen molar-refractivity contribution < 1.29 is 13.2 Å². The molecule has 112 valence electrons. The first-order chi connectivity index (χ1) is 9.95. The summed E-state index contributed by atoms with van der Waals surface area (Å²) in [4.78, 5) is 12.3. The molecule has 1 saturated carbocycles. The van der Waals surface area contributed by atoms with Crippen LogP contribution in [0.15, 0.2) is 16.9 Å². The quantitative estimate of drug-likeness (QED) is 0.885. The highest BCUT2D eigenvalue weighted by Crippen LogP contribution is 2.42. The molecule has 0 unspecified atom stereocenters. The van der Waals surface area contributed by atoms with Crippen LogP contribution in [0.4, 0.5) is 18.9 Å². The number of benzene rings is 1. The standard InChI is InChI=1S/C14H14F3N3O/c1-2-19-13(7-3-4-7)12(18)14(21)20(19)8-5-9(15)11(17)10(16)6-8/h5-7H,2-4,18H2,1H3. The van der Waals surface area contributed by atoms with E-state index in [1.54, 1.807) is 11.6 Å². The Hall–Kier alpha value is -2.18. The zero-order chi connectivity index (χ0) is 15.3. The predicted molar refractivity (Wildman–Crippen MR) is 72.0 cm³/mol. The number of nitrogens with two attached hydrogens (primary N) is 1. The molecule has 2 N–H and O–H groups in total. The molecule has 1 aliphatic carbocycles. The van der Waals surface area contributed by atoms with Gasteiger partial charge in [0, 0.05) is 24.6 Å². The van der Waals surface area contributed by atoms with E-state index in [-0.39, 0.29) is 17.3 Å². The van der Waals surface area contributed by atoms with Crippen LogP contribution in [0.1, 0.15) is 31.4 Å². The summed E-state index contributed by atoms with van der Waals surface area (Å²) >= 11 is 0. The Labute approximate surface area is 118 Å². The molecule has 1 aromatic heterocycles. The number of anilines is 1. The fourth-order valence-electron chi connectivity index (χ4n) is 2.60. The minimum Gasteiger partial charge on any atom is -0.393 e. The third-order valence-corrected chi connectivity index (χ3v) is 3.69. The minimum atomic E-state index is -1.56. The van der Waals surface area contributed by atoms with E-state index in [0.717, 1.165) is 29.7 Å². The average molecular weight is 297 g/mol. The zero-order valence-corrected chi connectivity index (χ0v) is 11.4. The lowest BCUT2D eigenvalue weighted by Crippen LogP contribution is -2.22. The predicted octanol–water partition coefficient (Wildman–Crippen LogP) is 2.54. The summed E-state index contributed by atoms with van der Waals surface area (Å²) in [7, 11) is 0. The number of hydrogen-bond donors (Lipinski definition) is 1. The Morgan fingerprint density at radius 2 is 1.81 bits per heavy atom. The molecule has 0 spiro atoms. The number of nitrogens with zero attached hydrogens (tertiary/aromatic N) is 2. The molecule has 0 atom stereocenters. The Morgan fingerprint density at radius 1 is 1.24 bits per heavy atom. The molecule has 1 heterocycles. The van der Waals surface area contributed by atoms with Crippen LogP contribution >= 0.6 is 0 Å². The van der Waals surface area contributed by atoms with Crippen LogP contribution in [0.2, 0.25) is 0 Å². The minimum absolute atomic E-state index is 0.0724. The molecule has 0 aliphatic heterocycles. The summed E-state index contributed by atoms with van der Waals surface area (Å²) in [6.07, 6.45) is 1.86. The molecular weight excluding hydrogens is 283 g/mol. The molecule has 1 aliphatic rings. The first-order valence-corrected chi connectivity index (χ1v) is 6.71. The van der Waals surface area contributed by atoms with E-state index in [9.17, 15) is 18.0 Å². The van der Waals surface area contributed by atoms with Crippen molar-refractivity contribution in [3.63, 3.8) is 0 Å². The highest BCUT2D eigenvalue weighted by molar-refractivity contribution is 5.48. The topological polar surface area (TPSA) is 52.9 Å². The van der Waals surface area contributed by atoms with Gasteiger partial charge in [0.1, 0.15) is 5.69 Å². The lowest BCUT2D eigenvalue weighted by Gasteiger charge is -2.13. The summed E-state index contributed by atoms with van der Waals surface area (Å²) in [6.45, 7) is 2.22. The molecule has 3 rings (SSSR count). The second-order valence-corrected chi connectivity index (χ2v) is 5.13. The van der Waals surface area contributed by atoms with Gasteiger partial charge < -0.3 is 5.73 Å². The van der Waals surface area contributed by atoms with Crippen LogP contribution in [0.5, 0.6) is 0 Å². The van der Waals surface area contributed by atoms with Crippen molar-refractivity contribution in [3.05, 3.63) is 45.6 Å². The van der Waals surface area contributed by atoms with E-state index in [0.29, 0.717) is 12.2 Å². The summed E-state index contributed by atoms with van der Waals surface area (Å²) in [5.41, 5.74) is 6.01. The molecule has 4 nitrogen and oxygen atoms in total. The normalized spacial score (nSPS) is 14.7. The molecule has 2 aromatic rings. The van der Waals surface area contributed by atoms with Gasteiger partial charge in [0.25, 0.3) is 5.56 Å². The maximum Gasteiger partial charge on any atom is 0.294 e. The fourth-order valence-corrected chi connectivity index (χ4v) is 2.60. The number of aromatic nitrogens is 2. The third-order valence-electron chi connectivity index (χ3n) is 3.69. The molecule has 0 radical (unpaired) electrons. The monoisotopic (exact) mass is 297 g/mol. The van der Waals surface area contributed by atoms with E-state index in [1.807, 2.05) is 0 Å². The van der Waals surface area contributed by atoms with E-state index >= 15 is 0 Å². The van der Waals surface area contributed by atoms with Crippen molar-refractivity contribution in [3.8, 4) is 5.69 Å². The van der Waals surface area contributed by atoms with Gasteiger partial charge in [-0.05, 0) is 19.8 Å². The highest BCUT2D eigenvalue weighted by atomic mass is 19.2. The zero-order valence-electron chi connectivity index (χ0n) is 11.4. The van der Waals surface area contributed by atoms with Gasteiger partial charge in [-0.3, -0.25) is 9.48 Å². The van der Waals surface area contributed by atoms with Crippen molar-refractivity contribution in [2.75, 3.05) is 5.73 Å². The second kappa shape index (κ2) is 4.68. The Kier molecular flexibility index (Phi) is 3.07. The number of hydrogen-bond acceptors (Lipinski definition) is 2. The molecule has 21 heavy (non-hydrogen) atoms. The average Bonchev–Trinajstić information content (AvgIpc) is 3.24. The van der Waals surface area contributed by atoms with Gasteiger partial charge in [0.2, 0.25) is 0 Å². The molecule has 0 bridgehead atoms. The smallest absolute Gasteiger partial charge is 0.294 e. The van der Waals surface area contributed by atoms with Gasteiger partial charge in [-0.1, -0.05) is 0 Å². The lowest BCUT2D eigenvalue weighted by atomic mass is 10.2. The third kappa shape index (κ3) is 2.03. The fraction of sp³-hybridized carbons (Fsp3) is 0.357. The second-order valence-electron chi connectivity index (χ2n) is 5.13. The molecule has 1 fully saturated rings. The molecule has 1 aromatic carbocycles. The van der Waals surface area contributed by atoms with Crippen molar-refractivity contribution >= 4 is 5.69 Å². The van der Waals surface area contributed by atoms with Gasteiger partial charge >= 0.3 is 0 Å². The Bertz CT molecular complexity index is 751. The molecule has 0 amide bonds. The highest BCUT2D eigenvalue weighted by Gasteiger charge is 2.32. The van der Waals surface area contributed by atoms with Crippen molar-refractivity contribution in [1.82, 2.24) is 9.36 Å². The van der Waals surface area contributed by atoms with Crippen LogP contribution in [0, 0.1) is 17.5 Å². The van der Waals surface area contributed by atoms with Crippen LogP contribution in [0.25, 0.3) is 5.69 Å². The number of halogens is 3. The van der Waals surface area contributed by atoms with E-state index in [4.69, 9.17) is 5.73 Å². The molecular formula is C14H14F3N3O. The van der Waals surface area contributed by atoms with Crippen LogP contribution < -0.4 is 11.3 Å². The van der Waals surface area contributed by atoms with E-state index in [2.05, 4.69) is 0 Å². The van der Waals surface area contributed by atoms with E-state index in [1.165, 1.54) is 0 Å². The summed E-state index contributed by atoms with van der Waals surface area (Å²) in [5.74, 6) is -4.04. The Morgan fingerprint density at radius 3 is 2.29 bits per heavy atom. The first-order valence-electron chi connectivity index (χ1n) is 6.71. The molecule has 0 saturated heterocycles. The Balaban J connectivity index is 2.28. The van der Waals surface area contributed by atoms with Crippen LogP contribution in [-0.2, 0) is 6.54 Å². The van der Waals surface area contributed by atoms with Crippen molar-refractivity contribution in [2.24, 2.45) is 0 Å². The van der Waals surface area contributed by atoms with Crippen molar-refractivity contribution in [2.45, 2.75) is 32.2 Å². The maximum absolute atomic E-state index is 13.4. The SMILES string of the molecule is CCn1c(C2CC2)c(N)c(=O)n1-c1cc(F)c(F)c(F)c1. The summed E-state index contributed by atoms with van der Waals surface area (Å²) in [6, 6.07) is 1.59. The number of rotatable bonds is 3. The van der Waals surface area contributed by atoms with Crippen LogP contribution in [0.3, 0.4) is 0 Å². The lowest BCUT2D eigenvalue weighted by molar-refractivity contribution is 0.443. The van der Waals surface area contributed by atoms with Crippen molar-refractivity contribution in [1.29, 1.82) is 0 Å². The first kappa shape index (κ1) is 13.8. The van der Waals surface area contributed by atoms with Gasteiger partial charge in [-0.15, -0.1) is 0 Å². The van der Waals surface area contributed by atoms with Gasteiger partial charge in [0.15, 0.2) is 17.5 Å². The molecule has 7 heteroatoms. The number of nitrogen functional groups attached to an aromatic ring is 1. The van der Waals surface area contributed by atoms with Gasteiger partial charge in [-0.25, -0.2) is 17.9 Å². The summed E-state index contributed by atoms with van der Waals surface area (Å²) in [5, 5.41) is 0. The van der Waals surface area contributed by atoms with Gasteiger partial charge in [-0.2, -0.15) is 0 Å². The van der Waals surface area contributed by atoms with Crippen LogP contribution in [-0.4, -0.2) is 9.36 Å². The van der Waals surface area contributed by atoms with E-state index < -0.39 is 23.0 Å². The summed E-state index contributed by atoms with van der Waals surface area (Å²) < 4.78 is 42.6. The largest absolute Gasteiger partial charge is 0.393 e.